The Kier molecular flexibility index (Phi) is 6.15. The SMILES string of the molecule is O=C1O[C@@H]([C@H](O)COC(c2ccccc2)(c2ccccc2)c2ccccc2)[C@H](O)[C@H]1O. The van der Waals surface area contributed by atoms with Crippen LogP contribution < -0.4 is 0 Å². The summed E-state index contributed by atoms with van der Waals surface area (Å²) in [5, 5.41) is 30.4. The third-order valence-electron chi connectivity index (χ3n) is 5.54. The van der Waals surface area contributed by atoms with Crippen LogP contribution >= 0.6 is 0 Å². The molecule has 0 spiro atoms. The number of carbonyl (C=O) groups is 1. The molecule has 0 saturated carbocycles. The van der Waals surface area contributed by atoms with Gasteiger partial charge in [0.05, 0.1) is 6.61 Å². The van der Waals surface area contributed by atoms with Crippen molar-refractivity contribution in [2.75, 3.05) is 6.61 Å². The minimum Gasteiger partial charge on any atom is -0.455 e. The number of cyclic esters (lactones) is 1. The van der Waals surface area contributed by atoms with Gasteiger partial charge in [-0.05, 0) is 16.7 Å². The van der Waals surface area contributed by atoms with Crippen molar-refractivity contribution in [3.63, 3.8) is 0 Å². The quantitative estimate of drug-likeness (QED) is 0.400. The van der Waals surface area contributed by atoms with Crippen LogP contribution in [0.4, 0.5) is 0 Å². The van der Waals surface area contributed by atoms with Crippen LogP contribution in [0.1, 0.15) is 16.7 Å². The fraction of sp³-hybridized carbons (Fsp3) is 0.240. The van der Waals surface area contributed by atoms with Gasteiger partial charge in [-0.1, -0.05) is 91.0 Å². The predicted octanol–water partition coefficient (Wildman–Crippen LogP) is 2.00. The molecule has 3 N–H and O–H groups in total. The highest BCUT2D eigenvalue weighted by Gasteiger charge is 2.47. The molecular weight excluding hydrogens is 396 g/mol. The number of hydrogen-bond donors (Lipinski definition) is 3. The maximum Gasteiger partial charge on any atom is 0.338 e. The Bertz CT molecular complexity index is 896. The molecule has 3 aromatic carbocycles. The lowest BCUT2D eigenvalue weighted by Gasteiger charge is -2.37. The molecule has 1 aliphatic heterocycles. The van der Waals surface area contributed by atoms with Crippen molar-refractivity contribution in [2.24, 2.45) is 0 Å². The Labute approximate surface area is 180 Å². The van der Waals surface area contributed by atoms with Gasteiger partial charge in [-0.2, -0.15) is 0 Å². The standard InChI is InChI=1S/C25H24O6/c26-20(23-21(27)22(28)24(29)31-23)16-30-25(17-10-4-1-5-11-17,18-12-6-2-7-13-18)19-14-8-3-9-15-19/h1-15,20-23,26-28H,16H2/t20-,21-,22-,23+/m1/s1. The Morgan fingerprint density at radius 2 is 1.23 bits per heavy atom. The normalized spacial score (nSPS) is 22.2. The van der Waals surface area contributed by atoms with Gasteiger partial charge in [0, 0.05) is 0 Å². The fourth-order valence-electron chi connectivity index (χ4n) is 3.97. The number of rotatable bonds is 7. The lowest BCUT2D eigenvalue weighted by molar-refractivity contribution is -0.153. The Morgan fingerprint density at radius 1 is 0.806 bits per heavy atom. The summed E-state index contributed by atoms with van der Waals surface area (Å²) in [5.41, 5.74) is 1.49. The molecule has 4 rings (SSSR count). The van der Waals surface area contributed by atoms with Crippen LogP contribution in [0.3, 0.4) is 0 Å². The number of hydrogen-bond acceptors (Lipinski definition) is 6. The largest absolute Gasteiger partial charge is 0.455 e. The zero-order valence-electron chi connectivity index (χ0n) is 16.7. The third-order valence-corrected chi connectivity index (χ3v) is 5.54. The van der Waals surface area contributed by atoms with Gasteiger partial charge in [0.1, 0.15) is 17.8 Å². The van der Waals surface area contributed by atoms with Crippen LogP contribution in [0, 0.1) is 0 Å². The number of carbonyl (C=O) groups excluding carboxylic acids is 1. The van der Waals surface area contributed by atoms with Crippen molar-refractivity contribution in [3.8, 4) is 0 Å². The van der Waals surface area contributed by atoms with Crippen molar-refractivity contribution in [3.05, 3.63) is 108 Å². The van der Waals surface area contributed by atoms with Gasteiger partial charge in [-0.3, -0.25) is 0 Å². The second-order valence-corrected chi connectivity index (χ2v) is 7.49. The topological polar surface area (TPSA) is 96.2 Å². The lowest BCUT2D eigenvalue weighted by atomic mass is 9.80. The highest BCUT2D eigenvalue weighted by Crippen LogP contribution is 2.40. The summed E-state index contributed by atoms with van der Waals surface area (Å²) in [4.78, 5) is 11.6. The first-order valence-electron chi connectivity index (χ1n) is 10.1. The van der Waals surface area contributed by atoms with E-state index in [-0.39, 0.29) is 6.61 Å². The molecule has 0 amide bonds. The molecule has 1 heterocycles. The van der Waals surface area contributed by atoms with Crippen LogP contribution in [-0.2, 0) is 19.9 Å². The van der Waals surface area contributed by atoms with E-state index >= 15 is 0 Å². The molecule has 31 heavy (non-hydrogen) atoms. The van der Waals surface area contributed by atoms with Gasteiger partial charge in [0.25, 0.3) is 0 Å². The minimum absolute atomic E-state index is 0.250. The maximum absolute atomic E-state index is 11.6. The summed E-state index contributed by atoms with van der Waals surface area (Å²) in [6, 6.07) is 28.9. The van der Waals surface area contributed by atoms with Gasteiger partial charge < -0.3 is 24.8 Å². The van der Waals surface area contributed by atoms with E-state index < -0.39 is 36.0 Å². The third kappa shape index (κ3) is 3.98. The molecule has 3 aromatic rings. The summed E-state index contributed by atoms with van der Waals surface area (Å²) >= 11 is 0. The maximum atomic E-state index is 11.6. The van der Waals surface area contributed by atoms with Gasteiger partial charge in [0.15, 0.2) is 12.2 Å². The molecule has 160 valence electrons. The zero-order chi connectivity index (χ0) is 21.8. The molecule has 0 aliphatic carbocycles. The second-order valence-electron chi connectivity index (χ2n) is 7.49. The van der Waals surface area contributed by atoms with E-state index in [1.807, 2.05) is 91.0 Å². The van der Waals surface area contributed by atoms with Crippen molar-refractivity contribution < 1.29 is 29.6 Å². The molecule has 0 radical (unpaired) electrons. The van der Waals surface area contributed by atoms with Crippen LogP contribution in [0.2, 0.25) is 0 Å². The van der Waals surface area contributed by atoms with Gasteiger partial charge in [-0.15, -0.1) is 0 Å². The molecule has 1 fully saturated rings. The van der Waals surface area contributed by atoms with Crippen molar-refractivity contribution in [2.45, 2.75) is 30.0 Å². The molecule has 0 bridgehead atoms. The first kappa shape index (κ1) is 21.2. The molecule has 1 saturated heterocycles. The summed E-state index contributed by atoms with van der Waals surface area (Å²) in [6.45, 7) is -0.250. The number of aliphatic hydroxyl groups is 3. The predicted molar refractivity (Wildman–Crippen MR) is 113 cm³/mol. The molecule has 6 heteroatoms. The Balaban J connectivity index is 1.75. The fourth-order valence-corrected chi connectivity index (χ4v) is 3.97. The van der Waals surface area contributed by atoms with Gasteiger partial charge in [-0.25, -0.2) is 4.79 Å². The van der Waals surface area contributed by atoms with E-state index in [0.717, 1.165) is 16.7 Å². The number of ether oxygens (including phenoxy) is 2. The molecule has 1 aliphatic rings. The van der Waals surface area contributed by atoms with Gasteiger partial charge in [0.2, 0.25) is 0 Å². The monoisotopic (exact) mass is 420 g/mol. The highest BCUT2D eigenvalue weighted by molar-refractivity contribution is 5.77. The minimum atomic E-state index is -1.68. The van der Waals surface area contributed by atoms with Crippen LogP contribution in [0.5, 0.6) is 0 Å². The van der Waals surface area contributed by atoms with Crippen LogP contribution in [-0.4, -0.2) is 52.3 Å². The molecule has 6 nitrogen and oxygen atoms in total. The molecule has 4 atom stereocenters. The summed E-state index contributed by atoms with van der Waals surface area (Å²) in [7, 11) is 0. The average molecular weight is 420 g/mol. The smallest absolute Gasteiger partial charge is 0.338 e. The average Bonchev–Trinajstić information content (AvgIpc) is 3.09. The van der Waals surface area contributed by atoms with Crippen molar-refractivity contribution in [1.82, 2.24) is 0 Å². The van der Waals surface area contributed by atoms with Crippen LogP contribution in [0.25, 0.3) is 0 Å². The van der Waals surface area contributed by atoms with Crippen LogP contribution in [0.15, 0.2) is 91.0 Å². The summed E-state index contributed by atoms with van der Waals surface area (Å²) < 4.78 is 11.4. The summed E-state index contributed by atoms with van der Waals surface area (Å²) in [5.74, 6) is -0.961. The van der Waals surface area contributed by atoms with E-state index in [1.165, 1.54) is 0 Å². The van der Waals surface area contributed by atoms with E-state index in [4.69, 9.17) is 9.47 Å². The molecular formula is C25H24O6. The summed E-state index contributed by atoms with van der Waals surface area (Å²) in [6.07, 6.45) is -5.82. The molecule has 0 unspecified atom stereocenters. The zero-order valence-corrected chi connectivity index (χ0v) is 16.7. The Morgan fingerprint density at radius 3 is 1.58 bits per heavy atom. The Hall–Kier alpha value is -3.03. The lowest BCUT2D eigenvalue weighted by Crippen LogP contribution is -2.43. The highest BCUT2D eigenvalue weighted by atomic mass is 16.6. The van der Waals surface area contributed by atoms with E-state index in [1.54, 1.807) is 0 Å². The first-order chi connectivity index (χ1) is 15.0. The van der Waals surface area contributed by atoms with Gasteiger partial charge >= 0.3 is 5.97 Å². The number of esters is 1. The van der Waals surface area contributed by atoms with E-state index in [9.17, 15) is 20.1 Å². The second kappa shape index (κ2) is 8.99. The number of benzene rings is 3. The van der Waals surface area contributed by atoms with E-state index in [0.29, 0.717) is 0 Å². The molecule has 0 aromatic heterocycles. The van der Waals surface area contributed by atoms with Crippen molar-refractivity contribution >= 4 is 5.97 Å². The van der Waals surface area contributed by atoms with Crippen molar-refractivity contribution in [1.29, 1.82) is 0 Å². The number of aliphatic hydroxyl groups excluding tert-OH is 3. The van der Waals surface area contributed by atoms with E-state index in [2.05, 4.69) is 0 Å². The first-order valence-corrected chi connectivity index (χ1v) is 10.1.